The number of ether oxygens (including phenoxy) is 2. The zero-order valence-electron chi connectivity index (χ0n) is 31.9. The van der Waals surface area contributed by atoms with Crippen LogP contribution >= 0.6 is 31.3 Å². The molecule has 0 spiro atoms. The molecule has 0 aliphatic heterocycles. The molecule has 55 heavy (non-hydrogen) atoms. The first-order valence-corrected chi connectivity index (χ1v) is 21.9. The molecule has 0 radical (unpaired) electrons. The summed E-state index contributed by atoms with van der Waals surface area (Å²) >= 11 is 0. The first-order chi connectivity index (χ1) is 23.5. The van der Waals surface area contributed by atoms with Gasteiger partial charge in [0.25, 0.3) is 31.3 Å². The summed E-state index contributed by atoms with van der Waals surface area (Å²) < 4.78 is 79.1. The minimum atomic E-state index is -6.07. The largest absolute Gasteiger partial charge is 0.756 e. The zero-order valence-corrected chi connectivity index (χ0v) is 35.5. The van der Waals surface area contributed by atoms with Gasteiger partial charge in [0, 0.05) is 12.8 Å². The van der Waals surface area contributed by atoms with Crippen LogP contribution in [0.1, 0.15) is 90.9 Å². The lowest BCUT2D eigenvalue weighted by molar-refractivity contribution is -0.286. The number of carbonyl (C=O) groups is 2. The van der Waals surface area contributed by atoms with Gasteiger partial charge in [0.15, 0.2) is 6.10 Å². The molecule has 1 fully saturated rings. The van der Waals surface area contributed by atoms with Crippen LogP contribution in [0.3, 0.4) is 0 Å². The first kappa shape index (κ1) is 60.8. The van der Waals surface area contributed by atoms with Crippen molar-refractivity contribution in [1.82, 2.24) is 24.6 Å². The summed E-state index contributed by atoms with van der Waals surface area (Å²) in [6, 6.07) is 0. The summed E-state index contributed by atoms with van der Waals surface area (Å²) in [5, 5.41) is 21.3. The Balaban J connectivity index is -0.00000325. The van der Waals surface area contributed by atoms with Crippen LogP contribution in [-0.2, 0) is 59.9 Å². The highest BCUT2D eigenvalue weighted by molar-refractivity contribution is 7.46. The standard InChI is InChI=1S/C25H50O22P4.4H3N/c1-3-5-7-9-11-13-18(26)41-15-17(43-19(27)14-12-10-8-6-4-2)16-42-51(39,40)47-22-20(28)23(44-48(30,31)32)25(46-50(36,37)38)24(21(22)29)45-49(33,34)35;;;;/h17,20-25,28-29H,3-16H2,1-2H3,(H,39,40)(H2,30,31,32)(H2,33,34,35)(H2,36,37,38);4*1H3/t17-,20+,21+,22?,23-,24+,25?;;;;/m1..../s1. The monoisotopic (exact) mass is 894 g/mol. The number of carbonyl (C=O) groups excluding carboxylic acids is 2. The molecule has 6 unspecified atom stereocenters. The van der Waals surface area contributed by atoms with Gasteiger partial charge in [-0.25, -0.2) is 0 Å². The molecule has 1 rings (SSSR count). The number of phosphoric ester groups is 4. The summed E-state index contributed by atoms with van der Waals surface area (Å²) in [6.07, 6.45) is -11.0. The maximum absolute atomic E-state index is 12.8. The van der Waals surface area contributed by atoms with Gasteiger partial charge in [-0.15, -0.1) is 0 Å². The van der Waals surface area contributed by atoms with Crippen molar-refractivity contribution >= 4 is 43.2 Å². The van der Waals surface area contributed by atoms with Crippen LogP contribution in [0.5, 0.6) is 0 Å². The second kappa shape index (κ2) is 28.5. The van der Waals surface area contributed by atoms with Crippen LogP contribution < -0.4 is 44.2 Å². The molecule has 0 bridgehead atoms. The fourth-order valence-electron chi connectivity index (χ4n) is 4.82. The van der Waals surface area contributed by atoms with Crippen molar-refractivity contribution in [2.75, 3.05) is 13.2 Å². The Morgan fingerprint density at radius 1 is 0.564 bits per heavy atom. The average molecular weight is 895 g/mol. The highest BCUT2D eigenvalue weighted by atomic mass is 31.2. The Morgan fingerprint density at radius 3 is 1.35 bits per heavy atom. The molecule has 0 aromatic heterocycles. The van der Waals surface area contributed by atoms with E-state index in [0.717, 1.165) is 44.9 Å². The summed E-state index contributed by atoms with van der Waals surface area (Å²) in [7, 11) is -24.1. The smallest absolute Gasteiger partial charge is 0.306 e. The van der Waals surface area contributed by atoms with Gasteiger partial charge in [-0.2, -0.15) is 0 Å². The lowest BCUT2D eigenvalue weighted by Gasteiger charge is -2.49. The number of aliphatic hydroxyl groups is 2. The topological polar surface area (TPSA) is 506 Å². The SMILES string of the molecule is CCCCCCCC(=O)OC[C@H](COP(=O)([O-])OC1[C@H](O)[C@H](OP(=O)([O-])O)C(OP(=O)([O-])O)[C@H](OP(=O)([O-])O)[C@H]1O)OC(=O)CCCCCCC.[NH4+].[NH4+].[NH4+].[NH4+]. The van der Waals surface area contributed by atoms with E-state index in [1.165, 1.54) is 0 Å². The lowest BCUT2D eigenvalue weighted by Crippen LogP contribution is -2.66. The van der Waals surface area contributed by atoms with Gasteiger partial charge in [-0.3, -0.25) is 27.8 Å². The Hall–Kier alpha value is -0.860. The molecule has 0 aromatic rings. The maximum atomic E-state index is 12.8. The molecule has 1 saturated carbocycles. The van der Waals surface area contributed by atoms with Crippen molar-refractivity contribution in [2.45, 2.75) is 134 Å². The number of rotatable bonds is 26. The van der Waals surface area contributed by atoms with Crippen molar-refractivity contribution < 1.29 is 104 Å². The van der Waals surface area contributed by atoms with Crippen LogP contribution in [0.15, 0.2) is 0 Å². The van der Waals surface area contributed by atoms with Crippen molar-refractivity contribution in [3.63, 3.8) is 0 Å². The van der Waals surface area contributed by atoms with Crippen LogP contribution in [-0.4, -0.2) is 92.8 Å². The molecule has 0 heterocycles. The molecule has 11 atom stereocenters. The van der Waals surface area contributed by atoms with Gasteiger partial charge in [-0.05, 0) is 12.8 Å². The van der Waals surface area contributed by atoms with E-state index in [4.69, 9.17) is 28.7 Å². The third-order valence-corrected chi connectivity index (χ3v) is 9.62. The Bertz CT molecular complexity index is 1230. The molecule has 30 heteroatoms. The molecule has 0 aromatic carbocycles. The van der Waals surface area contributed by atoms with Crippen LogP contribution in [0, 0.1) is 0 Å². The summed E-state index contributed by atoms with van der Waals surface area (Å²) in [5.74, 6) is -1.50. The van der Waals surface area contributed by atoms with Crippen molar-refractivity contribution in [3.05, 3.63) is 0 Å². The van der Waals surface area contributed by atoms with Crippen molar-refractivity contribution in [2.24, 2.45) is 0 Å². The predicted molar refractivity (Wildman–Crippen MR) is 186 cm³/mol. The van der Waals surface area contributed by atoms with Gasteiger partial charge in [0.05, 0.1) is 6.61 Å². The lowest BCUT2D eigenvalue weighted by atomic mass is 9.85. The van der Waals surface area contributed by atoms with Gasteiger partial charge in [0.2, 0.25) is 0 Å². The zero-order chi connectivity index (χ0) is 39.0. The van der Waals surface area contributed by atoms with E-state index >= 15 is 0 Å². The quantitative estimate of drug-likeness (QED) is 0.0329. The van der Waals surface area contributed by atoms with Crippen LogP contribution in [0.2, 0.25) is 0 Å². The van der Waals surface area contributed by atoms with Gasteiger partial charge < -0.3 is 101 Å². The molecule has 1 aliphatic rings. The summed E-state index contributed by atoms with van der Waals surface area (Å²) in [5.41, 5.74) is 0. The van der Waals surface area contributed by atoms with E-state index in [9.17, 15) is 57.6 Å². The van der Waals surface area contributed by atoms with E-state index < -0.39 is 99.2 Å². The normalized spacial score (nSPS) is 25.7. The van der Waals surface area contributed by atoms with E-state index in [-0.39, 0.29) is 37.4 Å². The van der Waals surface area contributed by atoms with Crippen LogP contribution in [0.4, 0.5) is 0 Å². The number of aliphatic hydroxyl groups excluding tert-OH is 2. The van der Waals surface area contributed by atoms with E-state index in [0.29, 0.717) is 19.3 Å². The van der Waals surface area contributed by atoms with E-state index in [2.05, 4.69) is 18.1 Å². The molecule has 0 saturated heterocycles. The number of phosphoric acid groups is 4. The number of hydrogen-bond donors (Lipinski definition) is 9. The van der Waals surface area contributed by atoms with E-state index in [1.54, 1.807) is 0 Å². The van der Waals surface area contributed by atoms with Crippen molar-refractivity contribution in [1.29, 1.82) is 0 Å². The number of quaternary nitrogens is 4. The minimum Gasteiger partial charge on any atom is -0.756 e. The summed E-state index contributed by atoms with van der Waals surface area (Å²) in [4.78, 5) is 99.3. The second-order valence-corrected chi connectivity index (χ2v) is 16.3. The molecule has 21 N–H and O–H groups in total. The predicted octanol–water partition coefficient (Wildman–Crippen LogP) is 0.811. The van der Waals surface area contributed by atoms with Crippen molar-refractivity contribution in [3.8, 4) is 0 Å². The third-order valence-electron chi connectivity index (χ3n) is 7.13. The first-order valence-electron chi connectivity index (χ1n) is 16.0. The fourth-order valence-corrected chi connectivity index (χ4v) is 7.43. The van der Waals surface area contributed by atoms with Crippen LogP contribution in [0.25, 0.3) is 0 Å². The Morgan fingerprint density at radius 2 is 0.945 bits per heavy atom. The van der Waals surface area contributed by atoms with E-state index in [1.807, 2.05) is 13.8 Å². The fraction of sp³-hybridized carbons (Fsp3) is 0.920. The number of unbranched alkanes of at least 4 members (excludes halogenated alkanes) is 8. The molecular formula is C25H62N4O22P4. The molecule has 334 valence electrons. The molecule has 26 nitrogen and oxygen atoms in total. The highest BCUT2D eigenvalue weighted by Gasteiger charge is 2.56. The Kier molecular flexibility index (Phi) is 31.6. The minimum absolute atomic E-state index is 0. The summed E-state index contributed by atoms with van der Waals surface area (Å²) in [6.45, 7) is 2.22. The second-order valence-electron chi connectivity index (χ2n) is 11.5. The number of esters is 2. The molecule has 1 aliphatic carbocycles. The van der Waals surface area contributed by atoms with Gasteiger partial charge in [0.1, 0.15) is 43.2 Å². The average Bonchev–Trinajstić information content (AvgIpc) is 2.99. The number of hydrogen-bond acceptors (Lipinski definition) is 19. The molecule has 0 amide bonds. The molecular weight excluding hydrogens is 832 g/mol. The highest BCUT2D eigenvalue weighted by Crippen LogP contribution is 2.50. The maximum Gasteiger partial charge on any atom is 0.306 e. The Labute approximate surface area is 318 Å². The van der Waals surface area contributed by atoms with Gasteiger partial charge >= 0.3 is 11.9 Å². The van der Waals surface area contributed by atoms with Gasteiger partial charge in [-0.1, -0.05) is 65.2 Å². The third kappa shape index (κ3) is 26.7.